The molecule has 0 radical (unpaired) electrons. The van der Waals surface area contributed by atoms with Gasteiger partial charge in [-0.3, -0.25) is 9.59 Å². The Kier molecular flexibility index (Phi) is 15.5. The Morgan fingerprint density at radius 1 is 1.09 bits per heavy atom. The van der Waals surface area contributed by atoms with Crippen molar-refractivity contribution < 1.29 is 24.2 Å². The van der Waals surface area contributed by atoms with Gasteiger partial charge in [0.05, 0.1) is 12.7 Å². The number of benzene rings is 1. The minimum Gasteiger partial charge on any atom is -0.493 e. The molecule has 0 bridgehead atoms. The Morgan fingerprint density at radius 2 is 1.75 bits per heavy atom. The zero-order valence-corrected chi connectivity index (χ0v) is 28.6. The number of hydrogen-bond acceptors (Lipinski definition) is 6. The van der Waals surface area contributed by atoms with Gasteiger partial charge < -0.3 is 24.9 Å². The summed E-state index contributed by atoms with van der Waals surface area (Å²) in [4.78, 5) is 40.0. The maximum absolute atomic E-state index is 13.3. The average Bonchev–Trinajstić information content (AvgIpc) is 3.34. The van der Waals surface area contributed by atoms with Gasteiger partial charge in [-0.15, -0.1) is 0 Å². The van der Waals surface area contributed by atoms with Gasteiger partial charge in [-0.1, -0.05) is 89.1 Å². The molecule has 1 aromatic carbocycles. The Morgan fingerprint density at radius 3 is 2.36 bits per heavy atom. The van der Waals surface area contributed by atoms with Gasteiger partial charge in [0.1, 0.15) is 17.6 Å². The number of allylic oxidation sites excluding steroid dienone is 2. The smallest absolute Gasteiger partial charge is 0.243 e. The van der Waals surface area contributed by atoms with Crippen LogP contribution in [0.5, 0.6) is 5.75 Å². The maximum atomic E-state index is 13.3. The van der Waals surface area contributed by atoms with Crippen molar-refractivity contribution in [2.24, 2.45) is 5.41 Å². The van der Waals surface area contributed by atoms with Gasteiger partial charge in [0.2, 0.25) is 11.8 Å². The molecule has 1 heterocycles. The molecule has 44 heavy (non-hydrogen) atoms. The molecule has 7 nitrogen and oxygen atoms in total. The van der Waals surface area contributed by atoms with Crippen molar-refractivity contribution in [1.29, 1.82) is 0 Å². The summed E-state index contributed by atoms with van der Waals surface area (Å²) in [6.07, 6.45) is 6.67. The fourth-order valence-electron chi connectivity index (χ4n) is 5.18. The van der Waals surface area contributed by atoms with Crippen LogP contribution in [-0.2, 0) is 20.9 Å². The maximum Gasteiger partial charge on any atom is 0.243 e. The van der Waals surface area contributed by atoms with Crippen molar-refractivity contribution in [3.8, 4) is 5.75 Å². The van der Waals surface area contributed by atoms with Crippen LogP contribution >= 0.6 is 11.8 Å². The van der Waals surface area contributed by atoms with Crippen LogP contribution in [0.3, 0.4) is 0 Å². The molecule has 0 aliphatic carbocycles. The van der Waals surface area contributed by atoms with Gasteiger partial charge in [0.15, 0.2) is 0 Å². The highest BCUT2D eigenvalue weighted by Gasteiger charge is 2.39. The standard InChI is InChI=1S/C36H54N2O5S/c1-9-44-34(27(5)25(2)3)28-17-18-29(32(20-28)43-19-15-13-11-10-12-14-16-26(4)39)23-37-35(42)31-21-30(40)24-38(31)33(41)22-36(6,7)8/h9,17-18,20,30-31,40H,1-2,10-16,19,21-24H2,3-8H3,(H,37,42)/b34-27-/t30-,31+/m1/s1. The number of ether oxygens (including phenoxy) is 1. The van der Waals surface area contributed by atoms with Gasteiger partial charge in [0.25, 0.3) is 0 Å². The summed E-state index contributed by atoms with van der Waals surface area (Å²) >= 11 is 1.54. The van der Waals surface area contributed by atoms with Crippen molar-refractivity contribution in [2.75, 3.05) is 13.2 Å². The minimum atomic E-state index is -0.717. The topological polar surface area (TPSA) is 95.9 Å². The van der Waals surface area contributed by atoms with Crippen molar-refractivity contribution >= 4 is 34.3 Å². The molecule has 2 amide bonds. The zero-order valence-electron chi connectivity index (χ0n) is 27.8. The summed E-state index contributed by atoms with van der Waals surface area (Å²) in [5.41, 5.74) is 3.67. The van der Waals surface area contributed by atoms with E-state index in [4.69, 9.17) is 4.74 Å². The molecule has 1 fully saturated rings. The molecular weight excluding hydrogens is 572 g/mol. The number of carbonyl (C=O) groups is 3. The normalized spacial score (nSPS) is 17.2. The summed E-state index contributed by atoms with van der Waals surface area (Å²) in [5.74, 6) is 0.564. The van der Waals surface area contributed by atoms with Gasteiger partial charge in [-0.2, -0.15) is 0 Å². The average molecular weight is 627 g/mol. The van der Waals surface area contributed by atoms with E-state index in [0.717, 1.165) is 65.7 Å². The summed E-state index contributed by atoms with van der Waals surface area (Å²) < 4.78 is 6.31. The third-order valence-corrected chi connectivity index (χ3v) is 8.67. The number of hydrogen-bond donors (Lipinski definition) is 2. The molecule has 0 saturated carbocycles. The SMILES string of the molecule is C=CS/C(=C(/C)C(=C)C)c1ccc(CNC(=O)[C@@H]2C[C@@H](O)CN2C(=O)CC(C)(C)C)c(OCCCCCCCCC(C)=O)c1. The number of aliphatic hydroxyl groups is 1. The summed E-state index contributed by atoms with van der Waals surface area (Å²) in [6.45, 7) is 20.6. The first-order valence-electron chi connectivity index (χ1n) is 15.9. The summed E-state index contributed by atoms with van der Waals surface area (Å²) in [6, 6.07) is 5.31. The molecule has 1 aromatic rings. The highest BCUT2D eigenvalue weighted by atomic mass is 32.2. The zero-order chi connectivity index (χ0) is 32.9. The molecule has 2 N–H and O–H groups in total. The first kappa shape index (κ1) is 37.3. The number of nitrogens with zero attached hydrogens (tertiary/aromatic N) is 1. The van der Waals surface area contributed by atoms with E-state index in [1.54, 1.807) is 24.1 Å². The molecule has 0 aromatic heterocycles. The van der Waals surface area contributed by atoms with Gasteiger partial charge in [0, 0.05) is 42.8 Å². The predicted molar refractivity (Wildman–Crippen MR) is 182 cm³/mol. The fourth-order valence-corrected chi connectivity index (χ4v) is 5.97. The highest BCUT2D eigenvalue weighted by molar-refractivity contribution is 8.10. The van der Waals surface area contributed by atoms with Gasteiger partial charge in [-0.25, -0.2) is 0 Å². The van der Waals surface area contributed by atoms with E-state index in [1.165, 1.54) is 4.90 Å². The van der Waals surface area contributed by atoms with Gasteiger partial charge in [-0.05, 0) is 61.6 Å². The van der Waals surface area contributed by atoms with Crippen LogP contribution in [0, 0.1) is 5.41 Å². The van der Waals surface area contributed by atoms with Crippen molar-refractivity contribution in [3.05, 3.63) is 59.0 Å². The molecule has 1 aliphatic heterocycles. The lowest BCUT2D eigenvalue weighted by molar-refractivity contribution is -0.140. The van der Waals surface area contributed by atoms with Crippen molar-refractivity contribution in [1.82, 2.24) is 10.2 Å². The van der Waals surface area contributed by atoms with E-state index < -0.39 is 12.1 Å². The third-order valence-electron chi connectivity index (χ3n) is 7.73. The van der Waals surface area contributed by atoms with Gasteiger partial charge >= 0.3 is 0 Å². The lowest BCUT2D eigenvalue weighted by Gasteiger charge is -2.27. The van der Waals surface area contributed by atoms with Crippen molar-refractivity contribution in [3.63, 3.8) is 0 Å². The number of likely N-dealkylation sites (tertiary alicyclic amines) is 1. The third kappa shape index (κ3) is 12.6. The van der Waals surface area contributed by atoms with Crippen LogP contribution in [-0.4, -0.2) is 52.9 Å². The first-order chi connectivity index (χ1) is 20.7. The monoisotopic (exact) mass is 626 g/mol. The molecular formula is C36H54N2O5S. The van der Waals surface area contributed by atoms with E-state index in [9.17, 15) is 19.5 Å². The second-order valence-corrected chi connectivity index (χ2v) is 14.1. The number of unbranched alkanes of at least 4 members (excludes halogenated alkanes) is 5. The van der Waals surface area contributed by atoms with E-state index in [-0.39, 0.29) is 42.5 Å². The lowest BCUT2D eigenvalue weighted by atomic mass is 9.91. The molecule has 0 unspecified atom stereocenters. The molecule has 244 valence electrons. The van der Waals surface area contributed by atoms with E-state index >= 15 is 0 Å². The number of nitrogens with one attached hydrogen (secondary N) is 1. The Labute approximate surface area is 269 Å². The Balaban J connectivity index is 2.16. The Bertz CT molecular complexity index is 1200. The van der Waals surface area contributed by atoms with E-state index in [1.807, 2.05) is 52.8 Å². The number of carbonyl (C=O) groups excluding carboxylic acids is 3. The quantitative estimate of drug-likeness (QED) is 0.129. The number of thioether (sulfide) groups is 1. The minimum absolute atomic E-state index is 0.117. The first-order valence-corrected chi connectivity index (χ1v) is 16.8. The number of β-amino-alcohol motifs (C(OH)–C–C–N with tert-alkyl or cyclic N) is 1. The fraction of sp³-hybridized carbons (Fsp3) is 0.583. The second kappa shape index (κ2) is 18.2. The van der Waals surface area contributed by atoms with Crippen LogP contribution in [0.1, 0.15) is 110 Å². The molecule has 2 atom stereocenters. The molecule has 0 spiro atoms. The van der Waals surface area contributed by atoms with Crippen LogP contribution in [0.25, 0.3) is 4.91 Å². The van der Waals surface area contributed by atoms with E-state index in [2.05, 4.69) is 18.5 Å². The van der Waals surface area contributed by atoms with Crippen LogP contribution in [0.15, 0.2) is 47.9 Å². The molecule has 8 heteroatoms. The number of rotatable bonds is 18. The number of ketones is 1. The highest BCUT2D eigenvalue weighted by Crippen LogP contribution is 2.36. The Hall–Kier alpha value is -2.84. The van der Waals surface area contributed by atoms with Crippen LogP contribution in [0.2, 0.25) is 0 Å². The number of Topliss-reactive ketones (excluding diaryl/α,β-unsaturated/α-hetero) is 1. The molecule has 1 aliphatic rings. The van der Waals surface area contributed by atoms with Crippen molar-refractivity contribution in [2.45, 2.75) is 118 Å². The van der Waals surface area contributed by atoms with Crippen LogP contribution in [0.4, 0.5) is 0 Å². The molecule has 1 saturated heterocycles. The largest absolute Gasteiger partial charge is 0.493 e. The molecule has 2 rings (SSSR count). The second-order valence-electron chi connectivity index (χ2n) is 13.2. The van der Waals surface area contributed by atoms with E-state index in [0.29, 0.717) is 25.2 Å². The van der Waals surface area contributed by atoms with Crippen LogP contribution < -0.4 is 10.1 Å². The predicted octanol–water partition coefficient (Wildman–Crippen LogP) is 7.58. The summed E-state index contributed by atoms with van der Waals surface area (Å²) in [5, 5.41) is 15.1. The number of amides is 2. The lowest BCUT2D eigenvalue weighted by Crippen LogP contribution is -2.46. The number of aliphatic hydroxyl groups excluding tert-OH is 1. The summed E-state index contributed by atoms with van der Waals surface area (Å²) in [7, 11) is 0.